The van der Waals surface area contributed by atoms with Crippen LogP contribution in [-0.4, -0.2) is 30.0 Å². The summed E-state index contributed by atoms with van der Waals surface area (Å²) < 4.78 is 0. The number of hydrogen-bond acceptors (Lipinski definition) is 2. The molecule has 2 aromatic rings. The van der Waals surface area contributed by atoms with Gasteiger partial charge in [0, 0.05) is 17.0 Å². The number of fused-ring (bicyclic) bond motifs is 1. The normalized spacial score (nSPS) is 12.6. The Labute approximate surface area is 149 Å². The second kappa shape index (κ2) is 7.95. The highest BCUT2D eigenvalue weighted by Gasteiger charge is 2.17. The van der Waals surface area contributed by atoms with Crippen LogP contribution in [0.3, 0.4) is 0 Å². The second-order valence-corrected chi connectivity index (χ2v) is 7.05. The molecule has 4 nitrogen and oxygen atoms in total. The number of likely N-dealkylation sites (N-methyl/N-ethyl adjacent to an activating group) is 1. The highest BCUT2D eigenvalue weighted by Crippen LogP contribution is 2.24. The standard InChI is InChI=1S/C19H26ClN3O/c1-6-23(11-17(24)21-12(2)3)10-16-9-15-8-7-13(4)14(5)18(15)22-19(16)20/h7-9,12H,6,10-11H2,1-5H3,(H,21,24)/p+1. The Balaban J connectivity index is 2.23. The molecule has 1 amide bonds. The molecule has 1 atom stereocenters. The zero-order valence-electron chi connectivity index (χ0n) is 15.2. The van der Waals surface area contributed by atoms with Crippen molar-refractivity contribution in [1.82, 2.24) is 10.3 Å². The van der Waals surface area contributed by atoms with E-state index in [1.807, 2.05) is 13.8 Å². The Morgan fingerprint density at radius 1 is 1.33 bits per heavy atom. The van der Waals surface area contributed by atoms with Gasteiger partial charge >= 0.3 is 0 Å². The van der Waals surface area contributed by atoms with Crippen LogP contribution in [0, 0.1) is 13.8 Å². The molecule has 1 aromatic heterocycles. The Hall–Kier alpha value is -1.65. The van der Waals surface area contributed by atoms with E-state index >= 15 is 0 Å². The second-order valence-electron chi connectivity index (χ2n) is 6.70. The number of benzene rings is 1. The first-order valence-corrected chi connectivity index (χ1v) is 8.87. The molecule has 2 N–H and O–H groups in total. The average Bonchev–Trinajstić information content (AvgIpc) is 2.51. The molecule has 5 heteroatoms. The molecule has 0 saturated carbocycles. The molecule has 1 heterocycles. The monoisotopic (exact) mass is 348 g/mol. The van der Waals surface area contributed by atoms with Crippen molar-refractivity contribution >= 4 is 28.4 Å². The van der Waals surface area contributed by atoms with Crippen LogP contribution in [-0.2, 0) is 11.3 Å². The summed E-state index contributed by atoms with van der Waals surface area (Å²) in [6.45, 7) is 12.2. The van der Waals surface area contributed by atoms with Crippen LogP contribution in [0.4, 0.5) is 0 Å². The molecule has 1 unspecified atom stereocenters. The largest absolute Gasteiger partial charge is 0.349 e. The van der Waals surface area contributed by atoms with E-state index < -0.39 is 0 Å². The molecular formula is C19H27ClN3O+. The lowest BCUT2D eigenvalue weighted by Crippen LogP contribution is -3.11. The van der Waals surface area contributed by atoms with Crippen LogP contribution in [0.2, 0.25) is 5.15 Å². The van der Waals surface area contributed by atoms with E-state index in [0.717, 1.165) is 28.6 Å². The minimum absolute atomic E-state index is 0.0678. The minimum Gasteiger partial charge on any atom is -0.349 e. The van der Waals surface area contributed by atoms with Crippen LogP contribution in [0.15, 0.2) is 18.2 Å². The molecule has 24 heavy (non-hydrogen) atoms. The van der Waals surface area contributed by atoms with Gasteiger partial charge in [-0.05, 0) is 51.8 Å². The summed E-state index contributed by atoms with van der Waals surface area (Å²) >= 11 is 6.42. The van der Waals surface area contributed by atoms with Gasteiger partial charge in [0.05, 0.1) is 12.1 Å². The number of carbonyl (C=O) groups excluding carboxylic acids is 1. The zero-order valence-corrected chi connectivity index (χ0v) is 15.9. The number of halogens is 1. The van der Waals surface area contributed by atoms with Gasteiger partial charge in [0.1, 0.15) is 11.7 Å². The zero-order chi connectivity index (χ0) is 17.9. The minimum atomic E-state index is 0.0678. The summed E-state index contributed by atoms with van der Waals surface area (Å²) in [7, 11) is 0. The fourth-order valence-corrected chi connectivity index (χ4v) is 3.02. The lowest BCUT2D eigenvalue weighted by molar-refractivity contribution is -0.904. The maximum absolute atomic E-state index is 12.0. The summed E-state index contributed by atoms with van der Waals surface area (Å²) in [5, 5.41) is 4.57. The van der Waals surface area contributed by atoms with Crippen molar-refractivity contribution in [2.24, 2.45) is 0 Å². The average molecular weight is 349 g/mol. The highest BCUT2D eigenvalue weighted by molar-refractivity contribution is 6.30. The molecule has 0 fully saturated rings. The number of amides is 1. The maximum atomic E-state index is 12.0. The summed E-state index contributed by atoms with van der Waals surface area (Å²) in [4.78, 5) is 17.8. The van der Waals surface area contributed by atoms with Gasteiger partial charge in [0.15, 0.2) is 6.54 Å². The summed E-state index contributed by atoms with van der Waals surface area (Å²) in [6.07, 6.45) is 0. The first-order valence-electron chi connectivity index (χ1n) is 8.50. The first-order chi connectivity index (χ1) is 11.3. The third-order valence-electron chi connectivity index (χ3n) is 4.34. The predicted molar refractivity (Wildman–Crippen MR) is 99.6 cm³/mol. The molecule has 0 radical (unpaired) electrons. The van der Waals surface area contributed by atoms with Crippen molar-refractivity contribution < 1.29 is 9.69 Å². The number of quaternary nitrogens is 1. The quantitative estimate of drug-likeness (QED) is 0.788. The SMILES string of the molecule is CC[NH+](CC(=O)NC(C)C)Cc1cc2ccc(C)c(C)c2nc1Cl. The van der Waals surface area contributed by atoms with Gasteiger partial charge in [0.2, 0.25) is 0 Å². The summed E-state index contributed by atoms with van der Waals surface area (Å²) in [5.74, 6) is 0.0678. The predicted octanol–water partition coefficient (Wildman–Crippen LogP) is 2.43. The number of nitrogens with one attached hydrogen (secondary N) is 2. The van der Waals surface area contributed by atoms with E-state index in [1.54, 1.807) is 0 Å². The smallest absolute Gasteiger partial charge is 0.275 e. The van der Waals surface area contributed by atoms with Crippen molar-refractivity contribution in [2.45, 2.75) is 47.2 Å². The molecule has 0 aliphatic rings. The first kappa shape index (κ1) is 18.7. The number of rotatable bonds is 6. The van der Waals surface area contributed by atoms with Gasteiger partial charge in [-0.25, -0.2) is 4.98 Å². The van der Waals surface area contributed by atoms with Crippen LogP contribution >= 0.6 is 11.6 Å². The lowest BCUT2D eigenvalue weighted by atomic mass is 10.0. The molecule has 0 saturated heterocycles. The van der Waals surface area contributed by atoms with Crippen molar-refractivity contribution in [3.8, 4) is 0 Å². The molecule has 0 spiro atoms. The van der Waals surface area contributed by atoms with Gasteiger partial charge in [-0.15, -0.1) is 0 Å². The number of pyridine rings is 1. The Morgan fingerprint density at radius 3 is 2.67 bits per heavy atom. The van der Waals surface area contributed by atoms with E-state index in [2.05, 4.69) is 49.3 Å². The fourth-order valence-electron chi connectivity index (χ4n) is 2.81. The molecule has 1 aromatic carbocycles. The fraction of sp³-hybridized carbons (Fsp3) is 0.474. The van der Waals surface area contributed by atoms with Crippen molar-refractivity contribution in [2.75, 3.05) is 13.1 Å². The van der Waals surface area contributed by atoms with Crippen LogP contribution in [0.5, 0.6) is 0 Å². The van der Waals surface area contributed by atoms with E-state index in [4.69, 9.17) is 11.6 Å². The third-order valence-corrected chi connectivity index (χ3v) is 4.67. The van der Waals surface area contributed by atoms with Crippen molar-refractivity contribution in [3.63, 3.8) is 0 Å². The van der Waals surface area contributed by atoms with Crippen molar-refractivity contribution in [1.29, 1.82) is 0 Å². The van der Waals surface area contributed by atoms with Crippen LogP contribution < -0.4 is 10.2 Å². The number of carbonyl (C=O) groups is 1. The van der Waals surface area contributed by atoms with Gasteiger partial charge in [-0.1, -0.05) is 23.7 Å². The Kier molecular flexibility index (Phi) is 6.19. The molecule has 0 bridgehead atoms. The van der Waals surface area contributed by atoms with Crippen LogP contribution in [0.25, 0.3) is 10.9 Å². The number of nitrogens with zero attached hydrogens (tertiary/aromatic N) is 1. The van der Waals surface area contributed by atoms with E-state index in [-0.39, 0.29) is 11.9 Å². The summed E-state index contributed by atoms with van der Waals surface area (Å²) in [6, 6.07) is 6.46. The highest BCUT2D eigenvalue weighted by atomic mass is 35.5. The molecule has 0 aliphatic carbocycles. The van der Waals surface area contributed by atoms with E-state index in [1.165, 1.54) is 10.5 Å². The Morgan fingerprint density at radius 2 is 2.04 bits per heavy atom. The van der Waals surface area contributed by atoms with Gasteiger partial charge in [0.25, 0.3) is 5.91 Å². The van der Waals surface area contributed by atoms with Crippen molar-refractivity contribution in [3.05, 3.63) is 40.0 Å². The van der Waals surface area contributed by atoms with Gasteiger partial charge in [-0.3, -0.25) is 4.79 Å². The molecule has 130 valence electrons. The number of hydrogen-bond donors (Lipinski definition) is 2. The number of aryl methyl sites for hydroxylation is 2. The van der Waals surface area contributed by atoms with Gasteiger partial charge in [-0.2, -0.15) is 0 Å². The van der Waals surface area contributed by atoms with Gasteiger partial charge < -0.3 is 10.2 Å². The summed E-state index contributed by atoms with van der Waals surface area (Å²) in [5.41, 5.74) is 4.32. The lowest BCUT2D eigenvalue weighted by Gasteiger charge is -2.19. The Bertz CT molecular complexity index is 743. The number of aromatic nitrogens is 1. The molecule has 0 aliphatic heterocycles. The topological polar surface area (TPSA) is 46.4 Å². The third kappa shape index (κ3) is 4.46. The maximum Gasteiger partial charge on any atom is 0.275 e. The van der Waals surface area contributed by atoms with Crippen LogP contribution in [0.1, 0.15) is 37.5 Å². The molecule has 2 rings (SSSR count). The van der Waals surface area contributed by atoms with E-state index in [0.29, 0.717) is 18.2 Å². The van der Waals surface area contributed by atoms with E-state index in [9.17, 15) is 4.79 Å². The molecular weight excluding hydrogens is 322 g/mol.